The van der Waals surface area contributed by atoms with Gasteiger partial charge in [-0.05, 0) is 30.5 Å². The van der Waals surface area contributed by atoms with Crippen LogP contribution in [0, 0.1) is 5.92 Å². The quantitative estimate of drug-likeness (QED) is 0.835. The van der Waals surface area contributed by atoms with Gasteiger partial charge in [-0.25, -0.2) is 5.43 Å². The first-order chi connectivity index (χ1) is 11.0. The van der Waals surface area contributed by atoms with Crippen LogP contribution < -0.4 is 10.7 Å². The number of nitrogens with zero attached hydrogens (tertiary/aromatic N) is 1. The van der Waals surface area contributed by atoms with Crippen molar-refractivity contribution >= 4 is 34.8 Å². The molecule has 1 saturated carbocycles. The molecule has 1 atom stereocenters. The van der Waals surface area contributed by atoms with Gasteiger partial charge < -0.3 is 5.32 Å². The summed E-state index contributed by atoms with van der Waals surface area (Å²) in [5.74, 6) is -0.108. The second kappa shape index (κ2) is 6.32. The Morgan fingerprint density at radius 1 is 1.30 bits per heavy atom. The maximum atomic E-state index is 12.3. The molecule has 6 heteroatoms. The second-order valence-electron chi connectivity index (χ2n) is 6.34. The summed E-state index contributed by atoms with van der Waals surface area (Å²) in [6.07, 6.45) is 3.89. The van der Waals surface area contributed by atoms with Crippen LogP contribution in [0.5, 0.6) is 0 Å². The van der Waals surface area contributed by atoms with Crippen molar-refractivity contribution in [2.24, 2.45) is 11.0 Å². The lowest BCUT2D eigenvalue weighted by atomic mass is 9.94. The van der Waals surface area contributed by atoms with Gasteiger partial charge in [-0.1, -0.05) is 31.9 Å². The molecular weight excluding hydrogens is 314 g/mol. The SMILES string of the molecule is CC1CC(=O)NN=C1c1ccc(NC(=O)C2(Cl)CCCC2)cc1. The zero-order chi connectivity index (χ0) is 16.4. The Kier molecular flexibility index (Phi) is 4.39. The highest BCUT2D eigenvalue weighted by Crippen LogP contribution is 2.36. The summed E-state index contributed by atoms with van der Waals surface area (Å²) in [6, 6.07) is 7.48. The number of halogens is 1. The number of carbonyl (C=O) groups excluding carboxylic acids is 2. The lowest BCUT2D eigenvalue weighted by Crippen LogP contribution is -2.35. The first-order valence-electron chi connectivity index (χ1n) is 7.95. The number of carbonyl (C=O) groups is 2. The number of alkyl halides is 1. The Labute approximate surface area is 140 Å². The third-order valence-corrected chi connectivity index (χ3v) is 5.05. The molecule has 122 valence electrons. The largest absolute Gasteiger partial charge is 0.325 e. The van der Waals surface area contributed by atoms with Crippen LogP contribution in [0.2, 0.25) is 0 Å². The molecule has 23 heavy (non-hydrogen) atoms. The summed E-state index contributed by atoms with van der Waals surface area (Å²) in [7, 11) is 0. The Morgan fingerprint density at radius 3 is 2.57 bits per heavy atom. The van der Waals surface area contributed by atoms with Crippen molar-refractivity contribution in [1.29, 1.82) is 0 Å². The Hall–Kier alpha value is -1.88. The van der Waals surface area contributed by atoms with Crippen LogP contribution in [0.1, 0.15) is 44.6 Å². The number of hydrazone groups is 1. The van der Waals surface area contributed by atoms with E-state index in [0.717, 1.165) is 42.6 Å². The van der Waals surface area contributed by atoms with E-state index in [0.29, 0.717) is 6.42 Å². The van der Waals surface area contributed by atoms with Crippen LogP contribution in [0.15, 0.2) is 29.4 Å². The summed E-state index contributed by atoms with van der Waals surface area (Å²) >= 11 is 6.39. The Morgan fingerprint density at radius 2 is 1.96 bits per heavy atom. The van der Waals surface area contributed by atoms with Crippen LogP contribution >= 0.6 is 11.6 Å². The van der Waals surface area contributed by atoms with Gasteiger partial charge in [0.1, 0.15) is 4.87 Å². The molecule has 0 bridgehead atoms. The zero-order valence-corrected chi connectivity index (χ0v) is 13.8. The van der Waals surface area contributed by atoms with Crippen molar-refractivity contribution in [3.05, 3.63) is 29.8 Å². The maximum Gasteiger partial charge on any atom is 0.245 e. The predicted molar refractivity (Wildman–Crippen MR) is 90.6 cm³/mol. The highest BCUT2D eigenvalue weighted by Gasteiger charge is 2.39. The van der Waals surface area contributed by atoms with E-state index in [2.05, 4.69) is 15.8 Å². The molecule has 1 aliphatic carbocycles. The van der Waals surface area contributed by atoms with Gasteiger partial charge >= 0.3 is 0 Å². The zero-order valence-electron chi connectivity index (χ0n) is 13.1. The minimum Gasteiger partial charge on any atom is -0.325 e. The summed E-state index contributed by atoms with van der Waals surface area (Å²) < 4.78 is 0. The number of hydrogen-bond donors (Lipinski definition) is 2. The molecule has 1 aromatic carbocycles. The first kappa shape index (κ1) is 16.0. The third kappa shape index (κ3) is 3.39. The number of benzene rings is 1. The molecule has 5 nitrogen and oxygen atoms in total. The molecule has 1 aromatic rings. The van der Waals surface area contributed by atoms with Crippen LogP contribution in [0.3, 0.4) is 0 Å². The number of anilines is 1. The molecule has 0 spiro atoms. The van der Waals surface area contributed by atoms with Gasteiger partial charge in [0.15, 0.2) is 0 Å². The highest BCUT2D eigenvalue weighted by molar-refractivity contribution is 6.36. The summed E-state index contributed by atoms with van der Waals surface area (Å²) in [6.45, 7) is 1.98. The molecule has 2 aliphatic rings. The molecule has 2 N–H and O–H groups in total. The molecule has 3 rings (SSSR count). The van der Waals surface area contributed by atoms with Crippen molar-refractivity contribution in [3.8, 4) is 0 Å². The predicted octanol–water partition coefficient (Wildman–Crippen LogP) is 3.04. The van der Waals surface area contributed by atoms with E-state index in [1.165, 1.54) is 0 Å². The maximum absolute atomic E-state index is 12.3. The van der Waals surface area contributed by atoms with Crippen molar-refractivity contribution in [2.45, 2.75) is 43.9 Å². The number of amides is 2. The molecule has 1 fully saturated rings. The van der Waals surface area contributed by atoms with Crippen LogP contribution in [-0.4, -0.2) is 22.4 Å². The molecule has 0 aromatic heterocycles. The molecule has 0 radical (unpaired) electrons. The van der Waals surface area contributed by atoms with Crippen LogP contribution in [-0.2, 0) is 9.59 Å². The fraction of sp³-hybridized carbons (Fsp3) is 0.471. The van der Waals surface area contributed by atoms with Crippen LogP contribution in [0.4, 0.5) is 5.69 Å². The van der Waals surface area contributed by atoms with Gasteiger partial charge in [-0.15, -0.1) is 11.6 Å². The smallest absolute Gasteiger partial charge is 0.245 e. The van der Waals surface area contributed by atoms with Gasteiger partial charge in [0.25, 0.3) is 0 Å². The Bertz CT molecular complexity index is 648. The highest BCUT2D eigenvalue weighted by atomic mass is 35.5. The average molecular weight is 334 g/mol. The van der Waals surface area contributed by atoms with E-state index < -0.39 is 4.87 Å². The van der Waals surface area contributed by atoms with E-state index in [1.54, 1.807) is 0 Å². The summed E-state index contributed by atoms with van der Waals surface area (Å²) in [4.78, 5) is 22.8. The van der Waals surface area contributed by atoms with Crippen molar-refractivity contribution < 1.29 is 9.59 Å². The molecule has 1 heterocycles. The lowest BCUT2D eigenvalue weighted by molar-refractivity contribution is -0.122. The minimum absolute atomic E-state index is 0.0610. The lowest BCUT2D eigenvalue weighted by Gasteiger charge is -2.21. The van der Waals surface area contributed by atoms with Gasteiger partial charge in [0.2, 0.25) is 11.8 Å². The minimum atomic E-state index is -0.759. The molecule has 1 aliphatic heterocycles. The van der Waals surface area contributed by atoms with Gasteiger partial charge in [0.05, 0.1) is 5.71 Å². The van der Waals surface area contributed by atoms with Crippen LogP contribution in [0.25, 0.3) is 0 Å². The van der Waals surface area contributed by atoms with E-state index in [-0.39, 0.29) is 17.7 Å². The monoisotopic (exact) mass is 333 g/mol. The fourth-order valence-corrected chi connectivity index (χ4v) is 3.45. The fourth-order valence-electron chi connectivity index (χ4n) is 3.13. The van der Waals surface area contributed by atoms with Gasteiger partial charge in [-0.2, -0.15) is 5.10 Å². The molecular formula is C17H20ClN3O2. The molecule has 0 saturated heterocycles. The van der Waals surface area contributed by atoms with Crippen molar-refractivity contribution in [1.82, 2.24) is 5.43 Å². The second-order valence-corrected chi connectivity index (χ2v) is 7.06. The first-order valence-corrected chi connectivity index (χ1v) is 8.33. The number of hydrogen-bond acceptors (Lipinski definition) is 3. The summed E-state index contributed by atoms with van der Waals surface area (Å²) in [5, 5.41) is 7.03. The number of rotatable bonds is 3. The van der Waals surface area contributed by atoms with Crippen molar-refractivity contribution in [3.63, 3.8) is 0 Å². The summed E-state index contributed by atoms with van der Waals surface area (Å²) in [5.41, 5.74) is 5.03. The van der Waals surface area contributed by atoms with E-state index in [9.17, 15) is 9.59 Å². The van der Waals surface area contributed by atoms with Gasteiger partial charge in [-0.3, -0.25) is 9.59 Å². The molecule has 2 amide bonds. The third-order valence-electron chi connectivity index (χ3n) is 4.50. The average Bonchev–Trinajstić information content (AvgIpc) is 2.97. The normalized spacial score (nSPS) is 23.1. The van der Waals surface area contributed by atoms with E-state index in [1.807, 2.05) is 31.2 Å². The number of nitrogens with one attached hydrogen (secondary N) is 2. The van der Waals surface area contributed by atoms with E-state index in [4.69, 9.17) is 11.6 Å². The van der Waals surface area contributed by atoms with Gasteiger partial charge in [0, 0.05) is 18.0 Å². The standard InChI is InChI=1S/C17H20ClN3O2/c1-11-10-14(22)20-21-15(11)12-4-6-13(7-5-12)19-16(23)17(18)8-2-3-9-17/h4-7,11H,2-3,8-10H2,1H3,(H,19,23)(H,20,22). The Balaban J connectivity index is 1.70. The van der Waals surface area contributed by atoms with E-state index >= 15 is 0 Å². The topological polar surface area (TPSA) is 70.6 Å². The molecule has 1 unspecified atom stereocenters. The van der Waals surface area contributed by atoms with Crippen molar-refractivity contribution in [2.75, 3.05) is 5.32 Å².